The fraction of sp³-hybridized carbons (Fsp3) is 0.118. The number of amides is 1. The Bertz CT molecular complexity index is 992. The number of aromatic nitrogens is 3. The Kier molecular flexibility index (Phi) is 3.82. The number of benzene rings is 1. The van der Waals surface area contributed by atoms with Crippen LogP contribution in [0.3, 0.4) is 0 Å². The molecule has 0 aliphatic carbocycles. The van der Waals surface area contributed by atoms with Crippen molar-refractivity contribution >= 4 is 34.8 Å². The monoisotopic (exact) mass is 371 g/mol. The molecule has 1 atom stereocenters. The van der Waals surface area contributed by atoms with Gasteiger partial charge in [-0.2, -0.15) is 4.98 Å². The van der Waals surface area contributed by atoms with Crippen LogP contribution in [-0.4, -0.2) is 20.7 Å². The largest absolute Gasteiger partial charge is 0.366 e. The first-order valence-corrected chi connectivity index (χ1v) is 8.84. The van der Waals surface area contributed by atoms with E-state index in [-0.39, 0.29) is 0 Å². The molecule has 6 nitrogen and oxygen atoms in total. The molecule has 1 aliphatic rings. The minimum atomic E-state index is -0.483. The molecule has 3 N–H and O–H groups in total. The molecule has 3 aromatic rings. The van der Waals surface area contributed by atoms with Crippen molar-refractivity contribution in [2.75, 3.05) is 5.32 Å². The predicted molar refractivity (Wildman–Crippen MR) is 98.4 cm³/mol. The molecule has 1 amide bonds. The van der Waals surface area contributed by atoms with E-state index in [0.29, 0.717) is 28.1 Å². The van der Waals surface area contributed by atoms with Gasteiger partial charge in [-0.05, 0) is 30.5 Å². The van der Waals surface area contributed by atoms with E-state index in [4.69, 9.17) is 17.3 Å². The summed E-state index contributed by atoms with van der Waals surface area (Å²) < 4.78 is 1.69. The number of nitrogens with zero attached hydrogens (tertiary/aromatic N) is 3. The molecule has 1 aliphatic heterocycles. The van der Waals surface area contributed by atoms with E-state index in [1.807, 2.05) is 42.6 Å². The van der Waals surface area contributed by atoms with Crippen molar-refractivity contribution in [3.8, 4) is 11.4 Å². The van der Waals surface area contributed by atoms with E-state index >= 15 is 0 Å². The van der Waals surface area contributed by atoms with Crippen LogP contribution in [0.1, 0.15) is 17.8 Å². The Morgan fingerprint density at radius 1 is 1.32 bits per heavy atom. The quantitative estimate of drug-likeness (QED) is 0.738. The van der Waals surface area contributed by atoms with Gasteiger partial charge < -0.3 is 11.1 Å². The molecule has 0 saturated heterocycles. The number of hydrogen-bond donors (Lipinski definition) is 2. The van der Waals surface area contributed by atoms with Crippen LogP contribution in [-0.2, 0) is 4.79 Å². The van der Waals surface area contributed by atoms with Crippen molar-refractivity contribution in [3.05, 3.63) is 62.9 Å². The van der Waals surface area contributed by atoms with Crippen LogP contribution in [0, 0.1) is 0 Å². The van der Waals surface area contributed by atoms with Gasteiger partial charge in [0.2, 0.25) is 11.9 Å². The molecule has 0 fully saturated rings. The third-order valence-electron chi connectivity index (χ3n) is 4.05. The van der Waals surface area contributed by atoms with Gasteiger partial charge in [0.05, 0.1) is 10.6 Å². The zero-order chi connectivity index (χ0) is 17.6. The first-order valence-electron chi connectivity index (χ1n) is 7.58. The van der Waals surface area contributed by atoms with Crippen LogP contribution in [0.5, 0.6) is 0 Å². The lowest BCUT2D eigenvalue weighted by Crippen LogP contribution is -2.31. The zero-order valence-corrected chi connectivity index (χ0v) is 14.8. The maximum absolute atomic E-state index is 12.1. The third kappa shape index (κ3) is 2.61. The van der Waals surface area contributed by atoms with E-state index in [2.05, 4.69) is 15.4 Å². The number of primary amides is 1. The maximum Gasteiger partial charge on any atom is 0.248 e. The Morgan fingerprint density at radius 2 is 2.12 bits per heavy atom. The summed E-state index contributed by atoms with van der Waals surface area (Å²) in [6, 6.07) is 10.9. The summed E-state index contributed by atoms with van der Waals surface area (Å²) in [7, 11) is 0. The van der Waals surface area contributed by atoms with Crippen molar-refractivity contribution < 1.29 is 4.79 Å². The molecule has 0 saturated carbocycles. The van der Waals surface area contributed by atoms with E-state index in [1.165, 1.54) is 0 Å². The molecular weight excluding hydrogens is 358 g/mol. The second-order valence-corrected chi connectivity index (χ2v) is 7.02. The third-order valence-corrected chi connectivity index (χ3v) is 5.30. The molecule has 25 heavy (non-hydrogen) atoms. The Balaban J connectivity index is 1.90. The average molecular weight is 372 g/mol. The molecule has 2 aromatic heterocycles. The first-order chi connectivity index (χ1) is 12.1. The van der Waals surface area contributed by atoms with Gasteiger partial charge in [-0.15, -0.1) is 16.4 Å². The van der Waals surface area contributed by atoms with Crippen LogP contribution in [0.25, 0.3) is 11.4 Å². The number of fused-ring (bicyclic) bond motifs is 1. The lowest BCUT2D eigenvalue weighted by Gasteiger charge is -2.26. The Morgan fingerprint density at radius 3 is 2.80 bits per heavy atom. The topological polar surface area (TPSA) is 85.8 Å². The predicted octanol–water partition coefficient (Wildman–Crippen LogP) is 3.43. The number of allylic oxidation sites excluding steroid dienone is 1. The number of thiophene rings is 1. The summed E-state index contributed by atoms with van der Waals surface area (Å²) in [6.45, 7) is 1.81. The van der Waals surface area contributed by atoms with E-state index in [1.54, 1.807) is 22.1 Å². The minimum absolute atomic E-state index is 0.405. The molecule has 3 heterocycles. The molecule has 0 spiro atoms. The molecule has 0 bridgehead atoms. The van der Waals surface area contributed by atoms with Gasteiger partial charge in [-0.1, -0.05) is 29.8 Å². The highest BCUT2D eigenvalue weighted by Gasteiger charge is 2.34. The number of rotatable bonds is 3. The van der Waals surface area contributed by atoms with Gasteiger partial charge in [-0.3, -0.25) is 4.79 Å². The molecule has 8 heteroatoms. The van der Waals surface area contributed by atoms with Gasteiger partial charge in [-0.25, -0.2) is 4.68 Å². The summed E-state index contributed by atoms with van der Waals surface area (Å²) in [6.07, 6.45) is 0. The maximum atomic E-state index is 12.1. The normalized spacial score (nSPS) is 16.5. The lowest BCUT2D eigenvalue weighted by molar-refractivity contribution is -0.115. The number of carbonyl (C=O) groups excluding carboxylic acids is 1. The van der Waals surface area contributed by atoms with Crippen molar-refractivity contribution in [1.82, 2.24) is 14.8 Å². The molecule has 1 unspecified atom stereocenters. The molecule has 1 aromatic carbocycles. The van der Waals surface area contributed by atoms with Gasteiger partial charge in [0.15, 0.2) is 5.82 Å². The summed E-state index contributed by atoms with van der Waals surface area (Å²) in [4.78, 5) is 17.6. The van der Waals surface area contributed by atoms with Crippen molar-refractivity contribution in [2.45, 2.75) is 13.0 Å². The number of nitrogens with one attached hydrogen (secondary N) is 1. The zero-order valence-electron chi connectivity index (χ0n) is 13.2. The Hall–Kier alpha value is -2.64. The summed E-state index contributed by atoms with van der Waals surface area (Å²) in [5.74, 6) is 0.563. The number of carbonyl (C=O) groups is 1. The SMILES string of the molecule is CC1=C(C(N)=O)C(c2cccs2)n2nc(-c3ccccc3Cl)nc2N1. The van der Waals surface area contributed by atoms with E-state index in [0.717, 1.165) is 10.4 Å². The fourth-order valence-corrected chi connectivity index (χ4v) is 3.98. The number of halogens is 1. The summed E-state index contributed by atoms with van der Waals surface area (Å²) in [5, 5.41) is 10.3. The first kappa shape index (κ1) is 15.9. The number of nitrogens with two attached hydrogens (primary N) is 1. The standard InChI is InChI=1S/C17H14ClN5OS/c1-9-13(15(19)24)14(12-7-4-8-25-12)23-17(20-9)21-16(22-23)10-5-2-3-6-11(10)18/h2-8,14H,1H3,(H2,19,24)(H,20,21,22). The second kappa shape index (κ2) is 6.02. The van der Waals surface area contributed by atoms with Crippen molar-refractivity contribution in [1.29, 1.82) is 0 Å². The van der Waals surface area contributed by atoms with Crippen molar-refractivity contribution in [3.63, 3.8) is 0 Å². The number of hydrogen-bond acceptors (Lipinski definition) is 5. The van der Waals surface area contributed by atoms with Gasteiger partial charge in [0.1, 0.15) is 6.04 Å². The van der Waals surface area contributed by atoms with Crippen LogP contribution in [0.15, 0.2) is 53.0 Å². The van der Waals surface area contributed by atoms with Gasteiger partial charge >= 0.3 is 0 Å². The van der Waals surface area contributed by atoms with E-state index in [9.17, 15) is 4.79 Å². The highest BCUT2D eigenvalue weighted by atomic mass is 35.5. The highest BCUT2D eigenvalue weighted by molar-refractivity contribution is 7.10. The lowest BCUT2D eigenvalue weighted by atomic mass is 10.0. The molecule has 126 valence electrons. The number of anilines is 1. The minimum Gasteiger partial charge on any atom is -0.366 e. The molecule has 4 rings (SSSR count). The van der Waals surface area contributed by atoms with Crippen LogP contribution in [0.4, 0.5) is 5.95 Å². The summed E-state index contributed by atoms with van der Waals surface area (Å²) in [5.41, 5.74) is 7.53. The Labute approximate surface area is 152 Å². The fourth-order valence-electron chi connectivity index (χ4n) is 2.94. The average Bonchev–Trinajstić information content (AvgIpc) is 3.22. The van der Waals surface area contributed by atoms with E-state index < -0.39 is 11.9 Å². The van der Waals surface area contributed by atoms with Crippen molar-refractivity contribution in [2.24, 2.45) is 5.73 Å². The van der Waals surface area contributed by atoms with Gasteiger partial charge in [0, 0.05) is 16.1 Å². The van der Waals surface area contributed by atoms with Crippen LogP contribution < -0.4 is 11.1 Å². The molecular formula is C17H14ClN5OS. The summed E-state index contributed by atoms with van der Waals surface area (Å²) >= 11 is 7.81. The molecule has 0 radical (unpaired) electrons. The smallest absolute Gasteiger partial charge is 0.248 e. The second-order valence-electron chi connectivity index (χ2n) is 5.63. The highest BCUT2D eigenvalue weighted by Crippen LogP contribution is 2.38. The van der Waals surface area contributed by atoms with Gasteiger partial charge in [0.25, 0.3) is 0 Å². The van der Waals surface area contributed by atoms with Crippen LogP contribution in [0.2, 0.25) is 5.02 Å². The van der Waals surface area contributed by atoms with Crippen LogP contribution >= 0.6 is 22.9 Å².